The third-order valence-corrected chi connectivity index (χ3v) is 7.57. The van der Waals surface area contributed by atoms with E-state index in [1.165, 1.54) is 19.2 Å². The molecule has 11 heteroatoms. The maximum absolute atomic E-state index is 14.8. The summed E-state index contributed by atoms with van der Waals surface area (Å²) in [6.45, 7) is -0.465. The van der Waals surface area contributed by atoms with E-state index >= 15 is 0 Å². The monoisotopic (exact) mass is 542 g/mol. The van der Waals surface area contributed by atoms with Crippen molar-refractivity contribution >= 4 is 44.0 Å². The van der Waals surface area contributed by atoms with E-state index in [4.69, 9.17) is 9.88 Å². The first-order valence-corrected chi connectivity index (χ1v) is 11.1. The number of hydrogen-bond donors (Lipinski definition) is 3. The quantitative estimate of drug-likeness (QED) is 0.466. The molecule has 6 nitrogen and oxygen atoms in total. The van der Waals surface area contributed by atoms with Crippen molar-refractivity contribution < 1.29 is 31.4 Å². The average molecular weight is 542 g/mol. The van der Waals surface area contributed by atoms with E-state index in [0.717, 1.165) is 6.07 Å². The molecule has 0 heterocycles. The van der Waals surface area contributed by atoms with Crippen LogP contribution < -0.4 is 15.2 Å². The first-order valence-electron chi connectivity index (χ1n) is 8.47. The van der Waals surface area contributed by atoms with Gasteiger partial charge < -0.3 is 15.2 Å². The van der Waals surface area contributed by atoms with Crippen LogP contribution in [0.15, 0.2) is 24.3 Å². The minimum absolute atomic E-state index is 0.0162. The fourth-order valence-corrected chi connectivity index (χ4v) is 5.30. The molecule has 0 spiro atoms. The van der Waals surface area contributed by atoms with Crippen LogP contribution in [0.3, 0.4) is 0 Å². The fraction of sp³-hybridized carbons (Fsp3) is 0.333. The molecule has 0 radical (unpaired) electrons. The zero-order valence-electron chi connectivity index (χ0n) is 15.2. The number of rotatable bonds is 7. The molecule has 0 bridgehead atoms. The van der Waals surface area contributed by atoms with Crippen LogP contribution in [0.2, 0.25) is 0 Å². The molecule has 1 saturated carbocycles. The minimum atomic E-state index is -4.14. The van der Waals surface area contributed by atoms with Crippen molar-refractivity contribution in [2.75, 3.05) is 19.0 Å². The lowest BCUT2D eigenvalue weighted by Gasteiger charge is -2.20. The lowest BCUT2D eigenvalue weighted by molar-refractivity contribution is 0.281. The van der Waals surface area contributed by atoms with Crippen LogP contribution >= 0.6 is 22.6 Å². The number of aliphatic hydroxyl groups excluding tert-OH is 1. The second-order valence-corrected chi connectivity index (χ2v) is 9.90. The summed E-state index contributed by atoms with van der Waals surface area (Å²) < 4.78 is 71.8. The van der Waals surface area contributed by atoms with Gasteiger partial charge in [0.2, 0.25) is 10.0 Å². The highest BCUT2D eigenvalue weighted by Gasteiger charge is 2.64. The van der Waals surface area contributed by atoms with Crippen molar-refractivity contribution in [1.29, 1.82) is 0 Å². The zero-order chi connectivity index (χ0) is 21.6. The molecular weight excluding hydrogens is 524 g/mol. The van der Waals surface area contributed by atoms with E-state index < -0.39 is 50.4 Å². The Bertz CT molecular complexity index is 1070. The van der Waals surface area contributed by atoms with Gasteiger partial charge in [0, 0.05) is 27.7 Å². The molecule has 158 valence electrons. The molecule has 0 aliphatic heterocycles. The second kappa shape index (κ2) is 7.93. The summed E-state index contributed by atoms with van der Waals surface area (Å²) in [5.74, 6) is -4.23. The van der Waals surface area contributed by atoms with Crippen LogP contribution in [-0.4, -0.2) is 32.0 Å². The van der Waals surface area contributed by atoms with E-state index in [-0.39, 0.29) is 29.8 Å². The standard InChI is InChI=1S/C18H18F3IN2O4S/c1-28-14-7-12(20)16(21)17(24-13-3-2-9(22)6-11(13)19)15(14)10-8-18(10,4-5-25)29(23,26)27/h2-3,6-7,10,24-25H,4-5,8H2,1H3,(H2,23,26,27). The number of primary sulfonamides is 1. The normalized spacial score (nSPS) is 21.1. The molecule has 29 heavy (non-hydrogen) atoms. The van der Waals surface area contributed by atoms with Crippen LogP contribution in [0.5, 0.6) is 5.75 Å². The van der Waals surface area contributed by atoms with Gasteiger partial charge in [0.1, 0.15) is 11.6 Å². The van der Waals surface area contributed by atoms with Crippen LogP contribution in [-0.2, 0) is 10.0 Å². The Hall–Kier alpha value is -1.57. The molecule has 2 aromatic carbocycles. The maximum Gasteiger partial charge on any atom is 0.215 e. The third kappa shape index (κ3) is 3.92. The first kappa shape index (κ1) is 22.1. The molecule has 2 unspecified atom stereocenters. The Labute approximate surface area is 179 Å². The Kier molecular flexibility index (Phi) is 6.05. The van der Waals surface area contributed by atoms with Gasteiger partial charge in [0.15, 0.2) is 11.6 Å². The van der Waals surface area contributed by atoms with E-state index in [1.807, 2.05) is 22.6 Å². The van der Waals surface area contributed by atoms with E-state index in [9.17, 15) is 26.7 Å². The molecule has 4 N–H and O–H groups in total. The predicted octanol–water partition coefficient (Wildman–Crippen LogP) is 3.36. The lowest BCUT2D eigenvalue weighted by atomic mass is 10.0. The average Bonchev–Trinajstić information content (AvgIpc) is 3.36. The number of aliphatic hydroxyl groups is 1. The SMILES string of the molecule is COc1cc(F)c(F)c(Nc2ccc(I)cc2F)c1C1CC1(CCO)S(N)(=O)=O. The molecule has 0 saturated heterocycles. The molecule has 1 fully saturated rings. The highest BCUT2D eigenvalue weighted by molar-refractivity contribution is 14.1. The van der Waals surface area contributed by atoms with Crippen molar-refractivity contribution in [2.24, 2.45) is 5.14 Å². The number of benzene rings is 2. The summed E-state index contributed by atoms with van der Waals surface area (Å²) in [5.41, 5.74) is -0.538. The van der Waals surface area contributed by atoms with Gasteiger partial charge in [0.25, 0.3) is 0 Å². The summed E-state index contributed by atoms with van der Waals surface area (Å²) in [7, 11) is -2.92. The van der Waals surface area contributed by atoms with Gasteiger partial charge in [-0.2, -0.15) is 0 Å². The van der Waals surface area contributed by atoms with Crippen molar-refractivity contribution in [3.8, 4) is 5.75 Å². The fourth-order valence-electron chi connectivity index (χ4n) is 3.55. The van der Waals surface area contributed by atoms with Gasteiger partial charge in [0.05, 0.1) is 23.2 Å². The summed E-state index contributed by atoms with van der Waals surface area (Å²) in [6, 6.07) is 4.92. The molecule has 3 rings (SSSR count). The highest BCUT2D eigenvalue weighted by Crippen LogP contribution is 2.62. The number of halogens is 4. The van der Waals surface area contributed by atoms with Crippen LogP contribution in [0.25, 0.3) is 0 Å². The zero-order valence-corrected chi connectivity index (χ0v) is 18.2. The van der Waals surface area contributed by atoms with E-state index in [0.29, 0.717) is 3.57 Å². The van der Waals surface area contributed by atoms with Crippen LogP contribution in [0.4, 0.5) is 24.5 Å². The number of sulfonamides is 1. The minimum Gasteiger partial charge on any atom is -0.496 e. The van der Waals surface area contributed by atoms with E-state index in [2.05, 4.69) is 5.32 Å². The van der Waals surface area contributed by atoms with Crippen molar-refractivity contribution in [1.82, 2.24) is 0 Å². The highest BCUT2D eigenvalue weighted by atomic mass is 127. The third-order valence-electron chi connectivity index (χ3n) is 5.11. The number of anilines is 2. The number of nitrogens with two attached hydrogens (primary N) is 1. The Morgan fingerprint density at radius 3 is 2.55 bits per heavy atom. The summed E-state index contributed by atoms with van der Waals surface area (Å²) >= 11 is 1.90. The molecule has 0 aromatic heterocycles. The maximum atomic E-state index is 14.8. The van der Waals surface area contributed by atoms with Crippen LogP contribution in [0, 0.1) is 21.0 Å². The Morgan fingerprint density at radius 2 is 2.00 bits per heavy atom. The van der Waals surface area contributed by atoms with Gasteiger partial charge in [-0.1, -0.05) is 0 Å². The van der Waals surface area contributed by atoms with Gasteiger partial charge >= 0.3 is 0 Å². The molecule has 0 amide bonds. The van der Waals surface area contributed by atoms with Crippen molar-refractivity contribution in [3.05, 3.63) is 50.9 Å². The Balaban J connectivity index is 2.18. The van der Waals surface area contributed by atoms with Crippen LogP contribution in [0.1, 0.15) is 24.3 Å². The number of hydrogen-bond acceptors (Lipinski definition) is 5. The van der Waals surface area contributed by atoms with Crippen molar-refractivity contribution in [3.63, 3.8) is 0 Å². The molecule has 2 aromatic rings. The van der Waals surface area contributed by atoms with Gasteiger partial charge in [-0.05, 0) is 53.6 Å². The largest absolute Gasteiger partial charge is 0.496 e. The van der Waals surface area contributed by atoms with Gasteiger partial charge in [-0.15, -0.1) is 0 Å². The number of ether oxygens (including phenoxy) is 1. The molecule has 2 atom stereocenters. The summed E-state index contributed by atoms with van der Waals surface area (Å²) in [6.07, 6.45) is -0.201. The first-order chi connectivity index (χ1) is 13.6. The number of nitrogens with one attached hydrogen (secondary N) is 1. The van der Waals surface area contributed by atoms with Crippen molar-refractivity contribution in [2.45, 2.75) is 23.5 Å². The summed E-state index contributed by atoms with van der Waals surface area (Å²) in [4.78, 5) is 0. The smallest absolute Gasteiger partial charge is 0.215 e. The Morgan fingerprint density at radius 1 is 1.31 bits per heavy atom. The van der Waals surface area contributed by atoms with E-state index in [1.54, 1.807) is 6.07 Å². The molecule has 1 aliphatic carbocycles. The van der Waals surface area contributed by atoms with Gasteiger partial charge in [-0.25, -0.2) is 26.7 Å². The second-order valence-electron chi connectivity index (χ2n) is 6.75. The predicted molar refractivity (Wildman–Crippen MR) is 110 cm³/mol. The lowest BCUT2D eigenvalue weighted by Crippen LogP contribution is -2.33. The molecular formula is C18H18F3IN2O4S. The summed E-state index contributed by atoms with van der Waals surface area (Å²) in [5, 5.41) is 17.2. The topological polar surface area (TPSA) is 102 Å². The van der Waals surface area contributed by atoms with Gasteiger partial charge in [-0.3, -0.25) is 0 Å². The molecule has 1 aliphatic rings. The number of methoxy groups -OCH3 is 1.